The molecule has 134 valence electrons. The average Bonchev–Trinajstić information content (AvgIpc) is 3.04. The molecule has 1 aromatic heterocycles. The second-order valence-corrected chi connectivity index (χ2v) is 6.68. The Kier molecular flexibility index (Phi) is 5.81. The number of carbonyl (C=O) groups excluding carboxylic acids is 1. The van der Waals surface area contributed by atoms with Crippen molar-refractivity contribution in [1.29, 1.82) is 0 Å². The lowest BCUT2D eigenvalue weighted by atomic mass is 9.93. The Morgan fingerprint density at radius 2 is 2.24 bits per heavy atom. The molecule has 1 aliphatic rings. The zero-order chi connectivity index (χ0) is 17.6. The van der Waals surface area contributed by atoms with Crippen LogP contribution in [0.5, 0.6) is 0 Å². The van der Waals surface area contributed by atoms with E-state index in [0.717, 1.165) is 32.4 Å². The lowest BCUT2D eigenvalue weighted by Gasteiger charge is -2.23. The molecule has 0 bridgehead atoms. The zero-order valence-corrected chi connectivity index (χ0v) is 14.5. The number of aromatic nitrogens is 2. The molecule has 1 aromatic carbocycles. The molecule has 3 rings (SSSR count). The Balaban J connectivity index is 1.69. The molecule has 6 heteroatoms. The smallest absolute Gasteiger partial charge is 0.220 e. The molecule has 0 saturated carbocycles. The van der Waals surface area contributed by atoms with Crippen LogP contribution in [0.15, 0.2) is 36.7 Å². The number of carbonyl (C=O) groups is 1. The fourth-order valence-electron chi connectivity index (χ4n) is 3.38. The number of piperidine rings is 1. The summed E-state index contributed by atoms with van der Waals surface area (Å²) in [4.78, 5) is 16.8. The highest BCUT2D eigenvalue weighted by Gasteiger charge is 2.22. The number of amides is 1. The lowest BCUT2D eigenvalue weighted by molar-refractivity contribution is -0.122. The summed E-state index contributed by atoms with van der Waals surface area (Å²) < 4.78 is 15.5. The number of benzene rings is 1. The van der Waals surface area contributed by atoms with Gasteiger partial charge in [-0.1, -0.05) is 12.1 Å². The van der Waals surface area contributed by atoms with Gasteiger partial charge < -0.3 is 15.2 Å². The van der Waals surface area contributed by atoms with Crippen LogP contribution in [0.1, 0.15) is 43.1 Å². The number of aryl methyl sites for hydroxylation is 1. The third-order valence-electron chi connectivity index (χ3n) is 4.84. The first-order valence-electron chi connectivity index (χ1n) is 8.86. The maximum absolute atomic E-state index is 13.7. The maximum Gasteiger partial charge on any atom is 0.220 e. The van der Waals surface area contributed by atoms with Crippen molar-refractivity contribution in [3.05, 3.63) is 53.9 Å². The number of imidazole rings is 1. The topological polar surface area (TPSA) is 59.0 Å². The van der Waals surface area contributed by atoms with Gasteiger partial charge in [0.1, 0.15) is 17.7 Å². The van der Waals surface area contributed by atoms with Crippen LogP contribution in [0.25, 0.3) is 0 Å². The monoisotopic (exact) mass is 344 g/mol. The average molecular weight is 344 g/mol. The summed E-state index contributed by atoms with van der Waals surface area (Å²) in [6.45, 7) is 2.07. The molecule has 1 unspecified atom stereocenters. The van der Waals surface area contributed by atoms with Gasteiger partial charge in [-0.3, -0.25) is 4.79 Å². The van der Waals surface area contributed by atoms with Crippen molar-refractivity contribution < 1.29 is 9.18 Å². The van der Waals surface area contributed by atoms with Crippen molar-refractivity contribution in [2.75, 3.05) is 13.1 Å². The molecule has 25 heavy (non-hydrogen) atoms. The Bertz CT molecular complexity index is 709. The Morgan fingerprint density at radius 1 is 1.44 bits per heavy atom. The molecule has 1 amide bonds. The number of rotatable bonds is 6. The predicted octanol–water partition coefficient (Wildman–Crippen LogP) is 2.54. The Labute approximate surface area is 147 Å². The van der Waals surface area contributed by atoms with Crippen LogP contribution >= 0.6 is 0 Å². The van der Waals surface area contributed by atoms with Crippen molar-refractivity contribution in [3.8, 4) is 0 Å². The summed E-state index contributed by atoms with van der Waals surface area (Å²) in [5.41, 5.74) is 0.699. The van der Waals surface area contributed by atoms with Gasteiger partial charge in [-0.15, -0.1) is 0 Å². The second kappa shape index (κ2) is 8.25. The van der Waals surface area contributed by atoms with Crippen molar-refractivity contribution >= 4 is 5.91 Å². The summed E-state index contributed by atoms with van der Waals surface area (Å²) in [6.07, 6.45) is 7.14. The van der Waals surface area contributed by atoms with Gasteiger partial charge >= 0.3 is 0 Å². The van der Waals surface area contributed by atoms with Gasteiger partial charge in [0.05, 0.1) is 0 Å². The summed E-state index contributed by atoms with van der Waals surface area (Å²) in [7, 11) is 1.87. The molecule has 1 fully saturated rings. The highest BCUT2D eigenvalue weighted by Crippen LogP contribution is 2.22. The highest BCUT2D eigenvalue weighted by atomic mass is 19.1. The van der Waals surface area contributed by atoms with Crippen LogP contribution in [0.3, 0.4) is 0 Å². The van der Waals surface area contributed by atoms with Gasteiger partial charge in [0.15, 0.2) is 0 Å². The van der Waals surface area contributed by atoms with E-state index in [1.165, 1.54) is 12.1 Å². The van der Waals surface area contributed by atoms with E-state index < -0.39 is 6.04 Å². The number of hydrogen-bond acceptors (Lipinski definition) is 3. The van der Waals surface area contributed by atoms with Crippen LogP contribution in [0, 0.1) is 11.7 Å². The number of hydrogen-bond donors (Lipinski definition) is 2. The molecule has 5 nitrogen and oxygen atoms in total. The summed E-state index contributed by atoms with van der Waals surface area (Å²) in [5, 5.41) is 6.38. The molecule has 1 aliphatic heterocycles. The van der Waals surface area contributed by atoms with E-state index >= 15 is 0 Å². The number of nitrogens with one attached hydrogen (secondary N) is 2. The lowest BCUT2D eigenvalue weighted by Crippen LogP contribution is -2.32. The molecule has 2 heterocycles. The van der Waals surface area contributed by atoms with E-state index in [1.54, 1.807) is 12.3 Å². The normalized spacial score (nSPS) is 16.6. The standard InChI is InChI=1S/C19H25FN4O/c1-24-12-11-22-19(24)18(15-3-2-4-16(20)13-15)23-17(25)6-5-14-7-9-21-10-8-14/h2-4,11-14,18,21H,5-10H2,1H3,(H,23,25). The summed E-state index contributed by atoms with van der Waals surface area (Å²) in [6, 6.07) is 5.87. The molecular weight excluding hydrogens is 319 g/mol. The van der Waals surface area contributed by atoms with Gasteiger partial charge in [0, 0.05) is 25.9 Å². The minimum atomic E-state index is -0.448. The molecule has 1 saturated heterocycles. The van der Waals surface area contributed by atoms with Gasteiger partial charge in [0.25, 0.3) is 0 Å². The van der Waals surface area contributed by atoms with Crippen molar-refractivity contribution in [3.63, 3.8) is 0 Å². The van der Waals surface area contributed by atoms with E-state index in [-0.39, 0.29) is 11.7 Å². The Morgan fingerprint density at radius 3 is 2.92 bits per heavy atom. The molecule has 0 spiro atoms. The molecular formula is C19H25FN4O. The molecule has 2 aromatic rings. The minimum absolute atomic E-state index is 0.0178. The zero-order valence-electron chi connectivity index (χ0n) is 14.5. The van der Waals surface area contributed by atoms with Gasteiger partial charge in [0.2, 0.25) is 5.91 Å². The molecule has 0 radical (unpaired) electrons. The van der Waals surface area contributed by atoms with E-state index in [9.17, 15) is 9.18 Å². The first-order valence-corrected chi connectivity index (χ1v) is 8.86. The SMILES string of the molecule is Cn1ccnc1C(NC(=O)CCC1CCNCC1)c1cccc(F)c1. The van der Waals surface area contributed by atoms with Crippen LogP contribution in [0.2, 0.25) is 0 Å². The second-order valence-electron chi connectivity index (χ2n) is 6.68. The highest BCUT2D eigenvalue weighted by molar-refractivity contribution is 5.76. The van der Waals surface area contributed by atoms with E-state index in [1.807, 2.05) is 23.9 Å². The van der Waals surface area contributed by atoms with Gasteiger partial charge in [-0.05, 0) is 56.0 Å². The molecule has 2 N–H and O–H groups in total. The largest absolute Gasteiger partial charge is 0.342 e. The van der Waals surface area contributed by atoms with Crippen molar-refractivity contribution in [2.24, 2.45) is 13.0 Å². The maximum atomic E-state index is 13.7. The fraction of sp³-hybridized carbons (Fsp3) is 0.474. The van der Waals surface area contributed by atoms with Crippen LogP contribution in [0.4, 0.5) is 4.39 Å². The minimum Gasteiger partial charge on any atom is -0.342 e. The quantitative estimate of drug-likeness (QED) is 0.847. The van der Waals surface area contributed by atoms with Crippen LogP contribution < -0.4 is 10.6 Å². The van der Waals surface area contributed by atoms with Crippen molar-refractivity contribution in [1.82, 2.24) is 20.2 Å². The van der Waals surface area contributed by atoms with E-state index in [2.05, 4.69) is 15.6 Å². The number of nitrogens with zero attached hydrogens (tertiary/aromatic N) is 2. The van der Waals surface area contributed by atoms with E-state index in [0.29, 0.717) is 23.7 Å². The summed E-state index contributed by atoms with van der Waals surface area (Å²) >= 11 is 0. The van der Waals surface area contributed by atoms with Crippen LogP contribution in [-0.4, -0.2) is 28.5 Å². The third kappa shape index (κ3) is 4.66. The van der Waals surface area contributed by atoms with Crippen LogP contribution in [-0.2, 0) is 11.8 Å². The van der Waals surface area contributed by atoms with Crippen molar-refractivity contribution in [2.45, 2.75) is 31.7 Å². The first kappa shape index (κ1) is 17.6. The van der Waals surface area contributed by atoms with Gasteiger partial charge in [-0.2, -0.15) is 0 Å². The predicted molar refractivity (Wildman–Crippen MR) is 94.4 cm³/mol. The fourth-order valence-corrected chi connectivity index (χ4v) is 3.38. The number of halogens is 1. The Hall–Kier alpha value is -2.21. The molecule has 0 aliphatic carbocycles. The first-order chi connectivity index (χ1) is 12.1. The summed E-state index contributed by atoms with van der Waals surface area (Å²) in [5.74, 6) is 0.963. The van der Waals surface area contributed by atoms with E-state index in [4.69, 9.17) is 0 Å². The molecule has 1 atom stereocenters. The van der Waals surface area contributed by atoms with Gasteiger partial charge in [-0.25, -0.2) is 9.37 Å². The third-order valence-corrected chi connectivity index (χ3v) is 4.84.